The molecular weight excluding hydrogens is 358 g/mol. The van der Waals surface area contributed by atoms with Crippen LogP contribution in [-0.4, -0.2) is 27.3 Å². The van der Waals surface area contributed by atoms with Crippen LogP contribution in [0, 0.1) is 0 Å². The third kappa shape index (κ3) is 3.66. The quantitative estimate of drug-likeness (QED) is 0.468. The molecule has 0 atom stereocenters. The summed E-state index contributed by atoms with van der Waals surface area (Å²) in [5.41, 5.74) is 4.48. The summed E-state index contributed by atoms with van der Waals surface area (Å²) in [5, 5.41) is 6.93. The molecule has 0 aliphatic heterocycles. The lowest BCUT2D eigenvalue weighted by atomic mass is 10.0. The van der Waals surface area contributed by atoms with E-state index < -0.39 is 5.97 Å². The second-order valence-corrected chi connectivity index (χ2v) is 6.66. The monoisotopic (exact) mass is 375 g/mol. The number of benzene rings is 2. The van der Waals surface area contributed by atoms with Crippen LogP contribution in [0.1, 0.15) is 17.4 Å². The van der Waals surface area contributed by atoms with E-state index in [9.17, 15) is 4.79 Å². The molecule has 0 amide bonds. The second kappa shape index (κ2) is 7.55. The fourth-order valence-corrected chi connectivity index (χ4v) is 3.47. The summed E-state index contributed by atoms with van der Waals surface area (Å²) in [6.45, 7) is 2.10. The number of hydrogen-bond acceptors (Lipinski definition) is 5. The average molecular weight is 375 g/mol. The van der Waals surface area contributed by atoms with E-state index in [1.54, 1.807) is 17.0 Å². The molecule has 0 fully saturated rings. The third-order valence-electron chi connectivity index (χ3n) is 4.03. The number of hydrogen-bond donors (Lipinski definition) is 0. The van der Waals surface area contributed by atoms with Gasteiger partial charge in [-0.15, -0.1) is 11.3 Å². The van der Waals surface area contributed by atoms with Crippen LogP contribution in [0.15, 0.2) is 72.2 Å². The Kier molecular flexibility index (Phi) is 4.80. The van der Waals surface area contributed by atoms with Crippen molar-refractivity contribution in [3.8, 4) is 27.5 Å². The van der Waals surface area contributed by atoms with Crippen molar-refractivity contribution in [2.75, 3.05) is 6.61 Å². The zero-order valence-electron chi connectivity index (χ0n) is 14.7. The molecule has 4 rings (SSSR count). The van der Waals surface area contributed by atoms with Gasteiger partial charge in [0.25, 0.3) is 0 Å². The summed E-state index contributed by atoms with van der Waals surface area (Å²) in [6, 6.07) is 20.4. The first-order valence-electron chi connectivity index (χ1n) is 8.59. The standard InChI is InChI=1S/C21H17N3O2S/c1-2-26-20(25)19-14-27-21(22-19)24-12-11-18(23-24)17-10-6-9-16(13-17)15-7-4-3-5-8-15/h3-14H,2H2,1H3. The number of carbonyl (C=O) groups is 1. The van der Waals surface area contributed by atoms with Crippen molar-refractivity contribution >= 4 is 17.3 Å². The molecule has 5 nitrogen and oxygen atoms in total. The number of rotatable bonds is 5. The molecular formula is C21H17N3O2S. The van der Waals surface area contributed by atoms with Gasteiger partial charge in [0.15, 0.2) is 5.69 Å². The number of ether oxygens (including phenoxy) is 1. The van der Waals surface area contributed by atoms with Crippen LogP contribution >= 0.6 is 11.3 Å². The van der Waals surface area contributed by atoms with Crippen molar-refractivity contribution in [1.29, 1.82) is 0 Å². The Morgan fingerprint density at radius 1 is 1.04 bits per heavy atom. The van der Waals surface area contributed by atoms with Gasteiger partial charge in [-0.25, -0.2) is 14.5 Å². The Bertz CT molecular complexity index is 1070. The molecule has 0 saturated heterocycles. The molecule has 0 saturated carbocycles. The first kappa shape index (κ1) is 17.2. The largest absolute Gasteiger partial charge is 0.461 e. The van der Waals surface area contributed by atoms with Gasteiger partial charge in [0.1, 0.15) is 0 Å². The lowest BCUT2D eigenvalue weighted by Crippen LogP contribution is -2.05. The predicted molar refractivity (Wildman–Crippen MR) is 106 cm³/mol. The van der Waals surface area contributed by atoms with E-state index in [-0.39, 0.29) is 0 Å². The average Bonchev–Trinajstić information content (AvgIpc) is 3.39. The summed E-state index contributed by atoms with van der Waals surface area (Å²) < 4.78 is 6.66. The molecule has 0 aliphatic carbocycles. The minimum absolute atomic E-state index is 0.306. The normalized spacial score (nSPS) is 10.7. The van der Waals surface area contributed by atoms with Gasteiger partial charge < -0.3 is 4.74 Å². The van der Waals surface area contributed by atoms with Gasteiger partial charge in [-0.1, -0.05) is 48.5 Å². The minimum atomic E-state index is -0.414. The summed E-state index contributed by atoms with van der Waals surface area (Å²) in [5.74, 6) is -0.414. The molecule has 0 unspecified atom stereocenters. The highest BCUT2D eigenvalue weighted by atomic mass is 32.1. The molecule has 0 radical (unpaired) electrons. The highest BCUT2D eigenvalue weighted by molar-refractivity contribution is 7.12. The fourth-order valence-electron chi connectivity index (χ4n) is 2.74. The molecule has 0 bridgehead atoms. The topological polar surface area (TPSA) is 57.0 Å². The molecule has 0 aliphatic rings. The van der Waals surface area contributed by atoms with Crippen LogP contribution in [-0.2, 0) is 4.74 Å². The molecule has 2 aromatic carbocycles. The lowest BCUT2D eigenvalue weighted by Gasteiger charge is -2.04. The fraction of sp³-hybridized carbons (Fsp3) is 0.0952. The zero-order chi connectivity index (χ0) is 18.6. The van der Waals surface area contributed by atoms with E-state index in [0.29, 0.717) is 17.4 Å². The zero-order valence-corrected chi connectivity index (χ0v) is 15.5. The SMILES string of the molecule is CCOC(=O)c1csc(-n2ccc(-c3cccc(-c4ccccc4)c3)n2)n1. The van der Waals surface area contributed by atoms with Crippen LogP contribution in [0.25, 0.3) is 27.5 Å². The van der Waals surface area contributed by atoms with Gasteiger partial charge in [-0.2, -0.15) is 5.10 Å². The Morgan fingerprint density at radius 2 is 1.81 bits per heavy atom. The summed E-state index contributed by atoms with van der Waals surface area (Å²) in [4.78, 5) is 16.1. The maximum Gasteiger partial charge on any atom is 0.357 e. The van der Waals surface area contributed by atoms with Gasteiger partial charge in [-0.05, 0) is 30.2 Å². The first-order chi connectivity index (χ1) is 13.2. The van der Waals surface area contributed by atoms with Crippen molar-refractivity contribution in [3.63, 3.8) is 0 Å². The second-order valence-electron chi connectivity index (χ2n) is 5.83. The van der Waals surface area contributed by atoms with Crippen molar-refractivity contribution in [1.82, 2.24) is 14.8 Å². The highest BCUT2D eigenvalue weighted by Crippen LogP contribution is 2.26. The molecule has 4 aromatic rings. The van der Waals surface area contributed by atoms with Crippen LogP contribution in [0.5, 0.6) is 0 Å². The summed E-state index contributed by atoms with van der Waals surface area (Å²) in [7, 11) is 0. The first-order valence-corrected chi connectivity index (χ1v) is 9.47. The maximum atomic E-state index is 11.8. The summed E-state index contributed by atoms with van der Waals surface area (Å²) >= 11 is 1.35. The van der Waals surface area contributed by atoms with E-state index >= 15 is 0 Å². The van der Waals surface area contributed by atoms with Crippen molar-refractivity contribution in [2.24, 2.45) is 0 Å². The van der Waals surface area contributed by atoms with Gasteiger partial charge in [0.05, 0.1) is 12.3 Å². The van der Waals surface area contributed by atoms with E-state index in [1.165, 1.54) is 11.3 Å². The van der Waals surface area contributed by atoms with Gasteiger partial charge >= 0.3 is 5.97 Å². The smallest absolute Gasteiger partial charge is 0.357 e. The van der Waals surface area contributed by atoms with Crippen molar-refractivity contribution in [3.05, 3.63) is 77.9 Å². The third-order valence-corrected chi connectivity index (χ3v) is 4.86. The maximum absolute atomic E-state index is 11.8. The molecule has 2 aromatic heterocycles. The Balaban J connectivity index is 1.61. The van der Waals surface area contributed by atoms with Crippen LogP contribution in [0.2, 0.25) is 0 Å². The van der Waals surface area contributed by atoms with Crippen molar-refractivity contribution < 1.29 is 9.53 Å². The molecule has 0 N–H and O–H groups in total. The van der Waals surface area contributed by atoms with E-state index in [0.717, 1.165) is 22.4 Å². The van der Waals surface area contributed by atoms with Gasteiger partial charge in [0.2, 0.25) is 5.13 Å². The molecule has 134 valence electrons. The van der Waals surface area contributed by atoms with Crippen LogP contribution in [0.3, 0.4) is 0 Å². The summed E-state index contributed by atoms with van der Waals surface area (Å²) in [6.07, 6.45) is 1.85. The molecule has 27 heavy (non-hydrogen) atoms. The Labute approximate surface area is 160 Å². The number of esters is 1. The predicted octanol–water partition coefficient (Wildman–Crippen LogP) is 4.84. The van der Waals surface area contributed by atoms with E-state index in [4.69, 9.17) is 4.74 Å². The van der Waals surface area contributed by atoms with Crippen molar-refractivity contribution in [2.45, 2.75) is 6.92 Å². The number of nitrogens with zero attached hydrogens (tertiary/aromatic N) is 3. The number of thiazole rings is 1. The van der Waals surface area contributed by atoms with E-state index in [1.807, 2.05) is 42.6 Å². The molecule has 6 heteroatoms. The van der Waals surface area contributed by atoms with Gasteiger partial charge in [-0.3, -0.25) is 0 Å². The highest BCUT2D eigenvalue weighted by Gasteiger charge is 2.13. The molecule has 0 spiro atoms. The van der Waals surface area contributed by atoms with Crippen LogP contribution in [0.4, 0.5) is 0 Å². The molecule has 2 heterocycles. The number of carbonyl (C=O) groups excluding carboxylic acids is 1. The number of aromatic nitrogens is 3. The Hall–Kier alpha value is -3.25. The minimum Gasteiger partial charge on any atom is -0.461 e. The van der Waals surface area contributed by atoms with Crippen LogP contribution < -0.4 is 0 Å². The van der Waals surface area contributed by atoms with Gasteiger partial charge in [0, 0.05) is 17.1 Å². The lowest BCUT2D eigenvalue weighted by molar-refractivity contribution is 0.0520. The Morgan fingerprint density at radius 3 is 2.63 bits per heavy atom. The van der Waals surface area contributed by atoms with E-state index in [2.05, 4.69) is 34.3 Å².